The number of aliphatic hydroxyl groups is 1. The van der Waals surface area contributed by atoms with E-state index in [0.29, 0.717) is 25.7 Å². The lowest BCUT2D eigenvalue weighted by Crippen LogP contribution is -2.30. The van der Waals surface area contributed by atoms with Gasteiger partial charge in [-0.3, -0.25) is 37.3 Å². The van der Waals surface area contributed by atoms with E-state index in [2.05, 4.69) is 48.5 Å². The van der Waals surface area contributed by atoms with E-state index in [9.17, 15) is 43.2 Å². The molecule has 0 saturated carbocycles. The first-order valence-corrected chi connectivity index (χ1v) is 44.4. The van der Waals surface area contributed by atoms with Gasteiger partial charge in [0.1, 0.15) is 19.3 Å². The van der Waals surface area contributed by atoms with Crippen molar-refractivity contribution in [3.8, 4) is 0 Å². The Kier molecular flexibility index (Phi) is 69.0. The van der Waals surface area contributed by atoms with Crippen LogP contribution in [0.2, 0.25) is 0 Å². The van der Waals surface area contributed by atoms with Gasteiger partial charge in [-0.1, -0.05) is 363 Å². The van der Waals surface area contributed by atoms with Crippen molar-refractivity contribution in [2.75, 3.05) is 39.6 Å². The molecule has 0 bridgehead atoms. The highest BCUT2D eigenvalue weighted by atomic mass is 31.2. The molecule has 0 aromatic heterocycles. The Hall–Kier alpha value is -1.94. The Bertz CT molecular complexity index is 1920. The van der Waals surface area contributed by atoms with Gasteiger partial charge in [-0.25, -0.2) is 9.13 Å². The normalized spacial score (nSPS) is 14.3. The summed E-state index contributed by atoms with van der Waals surface area (Å²) < 4.78 is 68.7. The monoisotopic (exact) mass is 1450 g/mol. The molecule has 0 aromatic carbocycles. The summed E-state index contributed by atoms with van der Waals surface area (Å²) in [4.78, 5) is 73.0. The topological polar surface area (TPSA) is 237 Å². The molecule has 0 saturated heterocycles. The Balaban J connectivity index is 5.25. The smallest absolute Gasteiger partial charge is 0.462 e. The maximum Gasteiger partial charge on any atom is 0.472 e. The van der Waals surface area contributed by atoms with Crippen molar-refractivity contribution in [1.29, 1.82) is 0 Å². The number of ether oxygens (including phenoxy) is 4. The third-order valence-corrected chi connectivity index (χ3v) is 20.9. The summed E-state index contributed by atoms with van der Waals surface area (Å²) >= 11 is 0. The van der Waals surface area contributed by atoms with Gasteiger partial charge in [-0.15, -0.1) is 0 Å². The fraction of sp³-hybridized carbons (Fsp3) is 0.950. The highest BCUT2D eigenvalue weighted by Crippen LogP contribution is 2.45. The van der Waals surface area contributed by atoms with Crippen molar-refractivity contribution in [3.05, 3.63) is 0 Å². The second-order valence-electron chi connectivity index (χ2n) is 30.0. The van der Waals surface area contributed by atoms with Crippen LogP contribution in [0.25, 0.3) is 0 Å². The quantitative estimate of drug-likeness (QED) is 0.0222. The standard InChI is InChI=1S/C80H156O17P2/c1-8-10-11-12-13-14-15-16-17-18-19-20-21-22-23-26-33-42-49-56-63-79(84)96-75(67-90-77(82)61-54-47-40-32-27-24-25-30-37-44-51-58-71(3)4)69-94-98(86,87)92-65-74(81)66-93-99(88,89)95-70-76(68-91-78(83)62-55-48-41-36-35-39-46-53-60-73(7)9-2)97-80(85)64-57-50-43-34-29-28-31-38-45-52-59-72(5)6/h71-76,81H,8-70H2,1-7H3,(H,86,87)(H,88,89)/t73?,74-,75-,76-/m1/s1. The third kappa shape index (κ3) is 72.8. The number of rotatable bonds is 78. The van der Waals surface area contributed by atoms with Crippen LogP contribution in [0.4, 0.5) is 0 Å². The van der Waals surface area contributed by atoms with Crippen LogP contribution in [0, 0.1) is 17.8 Å². The molecule has 17 nitrogen and oxygen atoms in total. The van der Waals surface area contributed by atoms with Crippen LogP contribution < -0.4 is 0 Å². The Morgan fingerprint density at radius 3 is 0.768 bits per heavy atom. The molecule has 0 heterocycles. The molecule has 588 valence electrons. The molecule has 3 unspecified atom stereocenters. The molecule has 0 spiro atoms. The first kappa shape index (κ1) is 97.1. The van der Waals surface area contributed by atoms with E-state index in [1.54, 1.807) is 0 Å². The number of carbonyl (C=O) groups is 4. The van der Waals surface area contributed by atoms with Crippen LogP contribution in [-0.2, 0) is 65.4 Å². The van der Waals surface area contributed by atoms with Gasteiger partial charge in [0.15, 0.2) is 12.2 Å². The molecule has 19 heteroatoms. The highest BCUT2D eigenvalue weighted by molar-refractivity contribution is 7.47. The minimum absolute atomic E-state index is 0.105. The zero-order chi connectivity index (χ0) is 73.0. The molecular weight excluding hydrogens is 1290 g/mol. The number of hydrogen-bond donors (Lipinski definition) is 3. The van der Waals surface area contributed by atoms with Crippen molar-refractivity contribution in [2.45, 2.75) is 433 Å². The molecule has 0 aliphatic carbocycles. The van der Waals surface area contributed by atoms with Gasteiger partial charge in [0.05, 0.1) is 26.4 Å². The summed E-state index contributed by atoms with van der Waals surface area (Å²) in [5.74, 6) is 0.187. The van der Waals surface area contributed by atoms with Crippen LogP contribution >= 0.6 is 15.6 Å². The molecule has 0 rings (SSSR count). The van der Waals surface area contributed by atoms with Gasteiger partial charge >= 0.3 is 39.5 Å². The lowest BCUT2D eigenvalue weighted by atomic mass is 9.99. The third-order valence-electron chi connectivity index (χ3n) is 19.0. The van der Waals surface area contributed by atoms with Crippen LogP contribution in [0.5, 0.6) is 0 Å². The predicted octanol–water partition coefficient (Wildman–Crippen LogP) is 23.7. The molecule has 0 radical (unpaired) electrons. The maximum atomic E-state index is 13.1. The number of carbonyl (C=O) groups excluding carboxylic acids is 4. The van der Waals surface area contributed by atoms with E-state index >= 15 is 0 Å². The molecule has 6 atom stereocenters. The van der Waals surface area contributed by atoms with Crippen molar-refractivity contribution in [2.24, 2.45) is 17.8 Å². The van der Waals surface area contributed by atoms with Crippen molar-refractivity contribution in [1.82, 2.24) is 0 Å². The van der Waals surface area contributed by atoms with Crippen LogP contribution in [0.15, 0.2) is 0 Å². The molecular formula is C80H156O17P2. The van der Waals surface area contributed by atoms with E-state index in [1.165, 1.54) is 225 Å². The fourth-order valence-electron chi connectivity index (χ4n) is 12.3. The van der Waals surface area contributed by atoms with E-state index in [1.807, 2.05) is 0 Å². The summed E-state index contributed by atoms with van der Waals surface area (Å²) in [6.07, 6.45) is 58.2. The fourth-order valence-corrected chi connectivity index (χ4v) is 13.9. The lowest BCUT2D eigenvalue weighted by molar-refractivity contribution is -0.161. The summed E-state index contributed by atoms with van der Waals surface area (Å²) in [7, 11) is -9.92. The molecule has 0 fully saturated rings. The molecule has 0 aliphatic heterocycles. The van der Waals surface area contributed by atoms with E-state index in [4.69, 9.17) is 37.0 Å². The SMILES string of the molecule is CCCCCCCCCCCCCCCCCCCCCCC(=O)O[C@H](COC(=O)CCCCCCCCCCCCCC(C)C)COP(=O)(O)OC[C@@H](O)COP(=O)(O)OC[C@@H](COC(=O)CCCCCCCCCCC(C)CC)OC(=O)CCCCCCCCCCCCC(C)C. The maximum absolute atomic E-state index is 13.1. The van der Waals surface area contributed by atoms with Gasteiger partial charge in [0.25, 0.3) is 0 Å². The zero-order valence-electron chi connectivity index (χ0n) is 65.0. The van der Waals surface area contributed by atoms with Crippen LogP contribution in [-0.4, -0.2) is 96.7 Å². The first-order chi connectivity index (χ1) is 47.8. The van der Waals surface area contributed by atoms with Gasteiger partial charge in [-0.05, 0) is 43.4 Å². The predicted molar refractivity (Wildman–Crippen MR) is 405 cm³/mol. The number of phosphoric ester groups is 2. The number of unbranched alkanes of at least 4 members (excludes halogenated alkanes) is 45. The number of esters is 4. The average Bonchev–Trinajstić information content (AvgIpc) is 1.28. The Labute approximate surface area is 607 Å². The summed E-state index contributed by atoms with van der Waals surface area (Å²) in [5.41, 5.74) is 0. The Morgan fingerprint density at radius 2 is 0.515 bits per heavy atom. The largest absolute Gasteiger partial charge is 0.472 e. The minimum Gasteiger partial charge on any atom is -0.462 e. The average molecular weight is 1450 g/mol. The lowest BCUT2D eigenvalue weighted by Gasteiger charge is -2.21. The molecule has 3 N–H and O–H groups in total. The number of hydrogen-bond acceptors (Lipinski definition) is 15. The van der Waals surface area contributed by atoms with E-state index in [-0.39, 0.29) is 25.7 Å². The van der Waals surface area contributed by atoms with E-state index in [0.717, 1.165) is 108 Å². The van der Waals surface area contributed by atoms with Gasteiger partial charge in [-0.2, -0.15) is 0 Å². The second-order valence-corrected chi connectivity index (χ2v) is 32.9. The molecule has 0 aliphatic rings. The summed E-state index contributed by atoms with van der Waals surface area (Å²) in [5, 5.41) is 10.6. The number of aliphatic hydroxyl groups excluding tert-OH is 1. The van der Waals surface area contributed by atoms with Gasteiger partial charge in [0, 0.05) is 25.7 Å². The minimum atomic E-state index is -4.96. The van der Waals surface area contributed by atoms with Crippen LogP contribution in [0.3, 0.4) is 0 Å². The summed E-state index contributed by atoms with van der Waals surface area (Å²) in [6.45, 7) is 11.9. The van der Waals surface area contributed by atoms with E-state index < -0.39 is 97.5 Å². The molecule has 0 amide bonds. The second kappa shape index (κ2) is 70.4. The van der Waals surface area contributed by atoms with Crippen molar-refractivity contribution < 1.29 is 80.2 Å². The van der Waals surface area contributed by atoms with Gasteiger partial charge in [0.2, 0.25) is 0 Å². The highest BCUT2D eigenvalue weighted by Gasteiger charge is 2.30. The van der Waals surface area contributed by atoms with Crippen molar-refractivity contribution in [3.63, 3.8) is 0 Å². The summed E-state index contributed by atoms with van der Waals surface area (Å²) in [6, 6.07) is 0. The zero-order valence-corrected chi connectivity index (χ0v) is 66.8. The van der Waals surface area contributed by atoms with Crippen molar-refractivity contribution >= 4 is 39.5 Å². The number of phosphoric acid groups is 2. The Morgan fingerprint density at radius 1 is 0.293 bits per heavy atom. The van der Waals surface area contributed by atoms with Crippen LogP contribution in [0.1, 0.15) is 414 Å². The molecule has 99 heavy (non-hydrogen) atoms. The van der Waals surface area contributed by atoms with Gasteiger partial charge < -0.3 is 33.8 Å². The molecule has 0 aromatic rings. The first-order valence-electron chi connectivity index (χ1n) is 41.4.